The molecule has 1 unspecified atom stereocenters. The molecule has 2 N–H and O–H groups in total. The molecule has 0 radical (unpaired) electrons. The predicted molar refractivity (Wildman–Crippen MR) is 63.5 cm³/mol. The number of amides is 1. The van der Waals surface area contributed by atoms with Gasteiger partial charge in [0.05, 0.1) is 6.04 Å². The minimum absolute atomic E-state index is 0.0473. The van der Waals surface area contributed by atoms with Crippen molar-refractivity contribution in [3.63, 3.8) is 0 Å². The van der Waals surface area contributed by atoms with Crippen molar-refractivity contribution in [2.75, 3.05) is 13.1 Å². The van der Waals surface area contributed by atoms with E-state index in [4.69, 9.17) is 10.2 Å². The fraction of sp³-hybridized carbons (Fsp3) is 0.667. The quantitative estimate of drug-likeness (QED) is 0.846. The second-order valence-corrected chi connectivity index (χ2v) is 4.47. The number of rotatable bonds is 5. The third kappa shape index (κ3) is 2.66. The lowest BCUT2D eigenvalue weighted by Gasteiger charge is -2.29. The Morgan fingerprint density at radius 3 is 3.00 bits per heavy atom. The third-order valence-corrected chi connectivity index (χ3v) is 3.07. The van der Waals surface area contributed by atoms with Gasteiger partial charge in [0.1, 0.15) is 6.26 Å². The first-order chi connectivity index (χ1) is 8.22. The fourth-order valence-electron chi connectivity index (χ4n) is 1.78. The number of hydrogen-bond acceptors (Lipinski definition) is 4. The highest BCUT2D eigenvalue weighted by Crippen LogP contribution is 2.18. The number of likely N-dealkylation sites (tertiary alicyclic amines) is 1. The molecule has 0 bridgehead atoms. The monoisotopic (exact) mass is 237 g/mol. The maximum Gasteiger partial charge on any atom is 0.275 e. The van der Waals surface area contributed by atoms with E-state index in [1.54, 1.807) is 4.90 Å². The molecule has 2 heterocycles. The number of hydrogen-bond donors (Lipinski definition) is 1. The lowest BCUT2D eigenvalue weighted by atomic mass is 10.1. The van der Waals surface area contributed by atoms with Gasteiger partial charge < -0.3 is 15.1 Å². The molecular formula is C12H19N3O2. The van der Waals surface area contributed by atoms with E-state index in [1.165, 1.54) is 6.26 Å². The number of aromatic nitrogens is 1. The van der Waals surface area contributed by atoms with Gasteiger partial charge in [0.2, 0.25) is 5.89 Å². The van der Waals surface area contributed by atoms with Crippen molar-refractivity contribution in [2.45, 2.75) is 38.6 Å². The van der Waals surface area contributed by atoms with Crippen LogP contribution in [0.15, 0.2) is 10.7 Å². The molecule has 1 saturated heterocycles. The van der Waals surface area contributed by atoms with Gasteiger partial charge in [-0.05, 0) is 12.8 Å². The molecule has 0 spiro atoms. The van der Waals surface area contributed by atoms with E-state index >= 15 is 0 Å². The van der Waals surface area contributed by atoms with Crippen LogP contribution in [0.4, 0.5) is 0 Å². The summed E-state index contributed by atoms with van der Waals surface area (Å²) < 4.78 is 5.28. The molecule has 1 amide bonds. The van der Waals surface area contributed by atoms with Crippen molar-refractivity contribution in [1.82, 2.24) is 9.88 Å². The maximum absolute atomic E-state index is 11.8. The normalized spacial score (nSPS) is 16.7. The van der Waals surface area contributed by atoms with Crippen LogP contribution in [-0.4, -0.2) is 28.9 Å². The highest BCUT2D eigenvalue weighted by Gasteiger charge is 2.25. The van der Waals surface area contributed by atoms with Crippen molar-refractivity contribution in [1.29, 1.82) is 0 Å². The van der Waals surface area contributed by atoms with E-state index in [0.717, 1.165) is 38.8 Å². The van der Waals surface area contributed by atoms with Gasteiger partial charge in [-0.15, -0.1) is 0 Å². The van der Waals surface area contributed by atoms with E-state index < -0.39 is 0 Å². The number of nitrogens with two attached hydrogens (primary N) is 1. The summed E-state index contributed by atoms with van der Waals surface area (Å²) >= 11 is 0. The van der Waals surface area contributed by atoms with Crippen LogP contribution >= 0.6 is 0 Å². The van der Waals surface area contributed by atoms with Gasteiger partial charge >= 0.3 is 0 Å². The Balaban J connectivity index is 1.97. The van der Waals surface area contributed by atoms with Crippen LogP contribution < -0.4 is 5.73 Å². The first-order valence-electron chi connectivity index (χ1n) is 6.22. The Morgan fingerprint density at radius 2 is 2.41 bits per heavy atom. The Morgan fingerprint density at radius 1 is 1.65 bits per heavy atom. The molecule has 2 rings (SSSR count). The molecule has 94 valence electrons. The molecule has 17 heavy (non-hydrogen) atoms. The Labute approximate surface area is 101 Å². The van der Waals surface area contributed by atoms with Crippen molar-refractivity contribution < 1.29 is 9.21 Å². The zero-order chi connectivity index (χ0) is 12.3. The zero-order valence-corrected chi connectivity index (χ0v) is 10.2. The molecule has 5 nitrogen and oxygen atoms in total. The highest BCUT2D eigenvalue weighted by molar-refractivity contribution is 5.92. The summed E-state index contributed by atoms with van der Waals surface area (Å²) in [5.41, 5.74) is 6.32. The van der Waals surface area contributed by atoms with Crippen molar-refractivity contribution >= 4 is 5.91 Å². The molecule has 1 fully saturated rings. The summed E-state index contributed by atoms with van der Waals surface area (Å²) in [6.07, 6.45) is 5.47. The number of carbonyl (C=O) groups is 1. The first kappa shape index (κ1) is 12.1. The smallest absolute Gasteiger partial charge is 0.275 e. The number of carbonyl (C=O) groups excluding carboxylic acids is 1. The predicted octanol–water partition coefficient (Wildman–Crippen LogP) is 1.71. The molecule has 0 saturated carbocycles. The van der Waals surface area contributed by atoms with Crippen molar-refractivity contribution in [2.24, 2.45) is 5.73 Å². The van der Waals surface area contributed by atoms with E-state index in [-0.39, 0.29) is 11.9 Å². The van der Waals surface area contributed by atoms with Crippen LogP contribution in [0.1, 0.15) is 55.0 Å². The fourth-order valence-corrected chi connectivity index (χ4v) is 1.78. The SMILES string of the molecule is CCCCC(N)c1nc(C(=O)N2CCC2)co1. The molecule has 1 aliphatic heterocycles. The number of nitrogens with zero attached hydrogens (tertiary/aromatic N) is 2. The van der Waals surface area contributed by atoms with E-state index in [1.807, 2.05) is 0 Å². The standard InChI is InChI=1S/C12H19N3O2/c1-2-3-5-9(13)11-14-10(8-17-11)12(16)15-6-4-7-15/h8-9H,2-7,13H2,1H3. The van der Waals surface area contributed by atoms with Gasteiger partial charge in [0.15, 0.2) is 5.69 Å². The van der Waals surface area contributed by atoms with E-state index in [2.05, 4.69) is 11.9 Å². The van der Waals surface area contributed by atoms with Crippen molar-refractivity contribution in [3.8, 4) is 0 Å². The maximum atomic E-state index is 11.8. The van der Waals surface area contributed by atoms with Crippen LogP contribution in [0.25, 0.3) is 0 Å². The minimum atomic E-state index is -0.201. The summed E-state index contributed by atoms with van der Waals surface area (Å²) in [6.45, 7) is 3.76. The second kappa shape index (κ2) is 5.31. The summed E-state index contributed by atoms with van der Waals surface area (Å²) in [7, 11) is 0. The Bertz CT molecular complexity index is 385. The van der Waals surface area contributed by atoms with Crippen LogP contribution in [-0.2, 0) is 0 Å². The van der Waals surface area contributed by atoms with Crippen molar-refractivity contribution in [3.05, 3.63) is 17.8 Å². The van der Waals surface area contributed by atoms with E-state index in [9.17, 15) is 4.79 Å². The summed E-state index contributed by atoms with van der Waals surface area (Å²) in [5.74, 6) is 0.427. The molecule has 1 atom stereocenters. The van der Waals surface area contributed by atoms with E-state index in [0.29, 0.717) is 11.6 Å². The van der Waals surface area contributed by atoms with Gasteiger partial charge in [-0.3, -0.25) is 4.79 Å². The van der Waals surface area contributed by atoms with Crippen LogP contribution in [0, 0.1) is 0 Å². The Kier molecular flexibility index (Phi) is 3.78. The third-order valence-electron chi connectivity index (χ3n) is 3.07. The lowest BCUT2D eigenvalue weighted by molar-refractivity contribution is 0.0645. The largest absolute Gasteiger partial charge is 0.446 e. The topological polar surface area (TPSA) is 72.4 Å². The van der Waals surface area contributed by atoms with Crippen LogP contribution in [0.3, 0.4) is 0 Å². The minimum Gasteiger partial charge on any atom is -0.446 e. The van der Waals surface area contributed by atoms with Gasteiger partial charge in [-0.25, -0.2) is 4.98 Å². The Hall–Kier alpha value is -1.36. The average molecular weight is 237 g/mol. The van der Waals surface area contributed by atoms with Crippen LogP contribution in [0.5, 0.6) is 0 Å². The molecule has 5 heteroatoms. The summed E-state index contributed by atoms with van der Waals surface area (Å²) in [6, 6.07) is -0.201. The summed E-state index contributed by atoms with van der Waals surface area (Å²) in [5, 5.41) is 0. The van der Waals surface area contributed by atoms with Gasteiger partial charge in [-0.1, -0.05) is 19.8 Å². The molecule has 0 aromatic carbocycles. The first-order valence-corrected chi connectivity index (χ1v) is 6.22. The molecule has 0 aliphatic carbocycles. The van der Waals surface area contributed by atoms with Gasteiger partial charge in [0, 0.05) is 13.1 Å². The highest BCUT2D eigenvalue weighted by atomic mass is 16.3. The van der Waals surface area contributed by atoms with Crippen LogP contribution in [0.2, 0.25) is 0 Å². The molecule has 1 aliphatic rings. The van der Waals surface area contributed by atoms with Gasteiger partial charge in [0.25, 0.3) is 5.91 Å². The molecule has 1 aromatic rings. The molecule has 1 aromatic heterocycles. The zero-order valence-electron chi connectivity index (χ0n) is 10.2. The molecular weight excluding hydrogens is 218 g/mol. The van der Waals surface area contributed by atoms with Gasteiger partial charge in [-0.2, -0.15) is 0 Å². The summed E-state index contributed by atoms with van der Waals surface area (Å²) in [4.78, 5) is 17.8. The lowest BCUT2D eigenvalue weighted by Crippen LogP contribution is -2.42. The average Bonchev–Trinajstić information content (AvgIpc) is 2.72. The number of oxazole rings is 1. The number of unbranched alkanes of at least 4 members (excludes halogenated alkanes) is 1. The second-order valence-electron chi connectivity index (χ2n) is 4.47.